The summed E-state index contributed by atoms with van der Waals surface area (Å²) in [5.74, 6) is 4.16. The van der Waals surface area contributed by atoms with Gasteiger partial charge in [-0.25, -0.2) is 15.0 Å². The minimum Gasteiger partial charge on any atom is -0.457 e. The van der Waals surface area contributed by atoms with E-state index < -0.39 is 0 Å². The van der Waals surface area contributed by atoms with Crippen LogP contribution in [0.2, 0.25) is 0 Å². The first-order valence-electron chi connectivity index (χ1n) is 16.5. The third kappa shape index (κ3) is 4.93. The van der Waals surface area contributed by atoms with Gasteiger partial charge in [0.1, 0.15) is 29.8 Å². The Kier molecular flexibility index (Phi) is 6.62. The molecule has 0 fully saturated rings. The lowest BCUT2D eigenvalue weighted by Crippen LogP contribution is -2.25. The van der Waals surface area contributed by atoms with Crippen LogP contribution >= 0.6 is 0 Å². The summed E-state index contributed by atoms with van der Waals surface area (Å²) < 4.78 is 8.85. The fraction of sp³-hybridized carbons (Fsp3) is 0.119. The van der Waals surface area contributed by atoms with E-state index in [0.29, 0.717) is 6.67 Å². The van der Waals surface area contributed by atoms with Crippen molar-refractivity contribution in [2.24, 2.45) is 0 Å². The topological polar surface area (TPSA) is 59.3 Å². The molecule has 1 aliphatic heterocycles. The van der Waals surface area contributed by atoms with Crippen LogP contribution in [0, 0.1) is 0 Å². The van der Waals surface area contributed by atoms with E-state index in [2.05, 4.69) is 126 Å². The Morgan fingerprint density at radius 3 is 2.24 bits per heavy atom. The fourth-order valence-corrected chi connectivity index (χ4v) is 6.92. The lowest BCUT2D eigenvalue weighted by molar-refractivity contribution is 0.483. The molecule has 7 heteroatoms. The molecule has 0 saturated carbocycles. The van der Waals surface area contributed by atoms with E-state index in [4.69, 9.17) is 19.7 Å². The molecule has 1 aliphatic rings. The lowest BCUT2D eigenvalue weighted by atomic mass is 9.88. The first-order chi connectivity index (χ1) is 23.9. The van der Waals surface area contributed by atoms with Crippen LogP contribution < -0.4 is 14.5 Å². The molecule has 238 valence electrons. The lowest BCUT2D eigenvalue weighted by Gasteiger charge is -2.22. The van der Waals surface area contributed by atoms with Gasteiger partial charge in [-0.2, -0.15) is 0 Å². The summed E-state index contributed by atoms with van der Waals surface area (Å²) in [4.78, 5) is 18.9. The van der Waals surface area contributed by atoms with Gasteiger partial charge in [0.15, 0.2) is 5.82 Å². The zero-order valence-corrected chi connectivity index (χ0v) is 27.6. The van der Waals surface area contributed by atoms with E-state index in [1.807, 2.05) is 48.9 Å². The van der Waals surface area contributed by atoms with Crippen molar-refractivity contribution in [1.29, 1.82) is 0 Å². The Morgan fingerprint density at radius 1 is 0.571 bits per heavy atom. The van der Waals surface area contributed by atoms with Gasteiger partial charge in [-0.3, -0.25) is 9.47 Å². The molecular formula is C42H34N6O. The normalized spacial score (nSPS) is 13.0. The quantitative estimate of drug-likeness (QED) is 0.187. The smallest absolute Gasteiger partial charge is 0.159 e. The van der Waals surface area contributed by atoms with Crippen LogP contribution in [0.4, 0.5) is 23.0 Å². The number of fused-ring (bicyclic) bond motifs is 5. The Bertz CT molecular complexity index is 2530. The molecule has 4 aromatic carbocycles. The largest absolute Gasteiger partial charge is 0.457 e. The van der Waals surface area contributed by atoms with Gasteiger partial charge in [-0.15, -0.1) is 0 Å². The van der Waals surface area contributed by atoms with E-state index in [-0.39, 0.29) is 5.41 Å². The third-order valence-corrected chi connectivity index (χ3v) is 9.35. The first-order valence-corrected chi connectivity index (χ1v) is 16.5. The van der Waals surface area contributed by atoms with E-state index in [0.717, 1.165) is 67.5 Å². The van der Waals surface area contributed by atoms with E-state index in [1.165, 1.54) is 10.9 Å². The SMILES string of the molecule is CC(C)(C)c1ccnc(-n2c3ccccc3c3ccc(Oc4cccc(N5CN(c6nccc7ccccc67)c6ncccc65)c4)cc32)c1. The number of rotatable bonds is 5. The number of hydrogen-bond acceptors (Lipinski definition) is 6. The minimum absolute atomic E-state index is 0.00405. The molecular weight excluding hydrogens is 605 g/mol. The molecule has 0 spiro atoms. The van der Waals surface area contributed by atoms with Crippen molar-refractivity contribution in [3.05, 3.63) is 145 Å². The predicted molar refractivity (Wildman–Crippen MR) is 199 cm³/mol. The summed E-state index contributed by atoms with van der Waals surface area (Å²) in [6, 6.07) is 41.8. The van der Waals surface area contributed by atoms with Crippen molar-refractivity contribution in [3.63, 3.8) is 0 Å². The average Bonchev–Trinajstić information content (AvgIpc) is 3.67. The monoisotopic (exact) mass is 638 g/mol. The van der Waals surface area contributed by atoms with Crippen molar-refractivity contribution in [2.45, 2.75) is 26.2 Å². The van der Waals surface area contributed by atoms with Gasteiger partial charge in [-0.1, -0.05) is 69.3 Å². The molecule has 8 aromatic rings. The Morgan fingerprint density at radius 2 is 1.35 bits per heavy atom. The number of nitrogens with zero attached hydrogens (tertiary/aromatic N) is 6. The molecule has 7 nitrogen and oxygen atoms in total. The third-order valence-electron chi connectivity index (χ3n) is 9.35. The van der Waals surface area contributed by atoms with Gasteiger partial charge in [0.25, 0.3) is 0 Å². The molecule has 0 saturated heterocycles. The second-order valence-corrected chi connectivity index (χ2v) is 13.5. The van der Waals surface area contributed by atoms with E-state index >= 15 is 0 Å². The minimum atomic E-state index is 0.00405. The van der Waals surface area contributed by atoms with Crippen LogP contribution in [0.5, 0.6) is 11.5 Å². The highest BCUT2D eigenvalue weighted by Crippen LogP contribution is 2.44. The van der Waals surface area contributed by atoms with Gasteiger partial charge >= 0.3 is 0 Å². The van der Waals surface area contributed by atoms with E-state index in [1.54, 1.807) is 0 Å². The summed E-state index contributed by atoms with van der Waals surface area (Å²) in [6.07, 6.45) is 5.61. The van der Waals surface area contributed by atoms with Gasteiger partial charge in [0, 0.05) is 52.6 Å². The van der Waals surface area contributed by atoms with Crippen LogP contribution in [-0.4, -0.2) is 26.2 Å². The molecule has 0 amide bonds. The van der Waals surface area contributed by atoms with Gasteiger partial charge < -0.3 is 9.64 Å². The fourth-order valence-electron chi connectivity index (χ4n) is 6.92. The molecule has 5 heterocycles. The number of anilines is 4. The van der Waals surface area contributed by atoms with Crippen molar-refractivity contribution in [2.75, 3.05) is 16.5 Å². The first kappa shape index (κ1) is 29.0. The zero-order chi connectivity index (χ0) is 33.1. The van der Waals surface area contributed by atoms with Crippen LogP contribution in [-0.2, 0) is 5.41 Å². The highest BCUT2D eigenvalue weighted by Gasteiger charge is 2.31. The Labute approximate surface area is 284 Å². The summed E-state index contributed by atoms with van der Waals surface area (Å²) >= 11 is 0. The summed E-state index contributed by atoms with van der Waals surface area (Å²) in [5, 5.41) is 4.57. The molecule has 9 rings (SSSR count). The number of pyridine rings is 3. The van der Waals surface area contributed by atoms with Crippen LogP contribution in [0.1, 0.15) is 26.3 Å². The van der Waals surface area contributed by atoms with Crippen molar-refractivity contribution in [1.82, 2.24) is 19.5 Å². The summed E-state index contributed by atoms with van der Waals surface area (Å²) in [7, 11) is 0. The van der Waals surface area contributed by atoms with E-state index in [9.17, 15) is 0 Å². The van der Waals surface area contributed by atoms with Gasteiger partial charge in [0.2, 0.25) is 0 Å². The molecule has 0 aliphatic carbocycles. The van der Waals surface area contributed by atoms with Crippen molar-refractivity contribution >= 4 is 55.6 Å². The maximum atomic E-state index is 6.61. The van der Waals surface area contributed by atoms with Crippen LogP contribution in [0.3, 0.4) is 0 Å². The second kappa shape index (κ2) is 11.2. The average molecular weight is 639 g/mol. The van der Waals surface area contributed by atoms with Crippen LogP contribution in [0.25, 0.3) is 38.4 Å². The molecule has 4 aromatic heterocycles. The Hall–Kier alpha value is -6.21. The van der Waals surface area contributed by atoms with Crippen LogP contribution in [0.15, 0.2) is 140 Å². The van der Waals surface area contributed by atoms with Gasteiger partial charge in [-0.05, 0) is 77.0 Å². The van der Waals surface area contributed by atoms with Gasteiger partial charge in [0.05, 0.1) is 16.7 Å². The Balaban J connectivity index is 1.08. The molecule has 49 heavy (non-hydrogen) atoms. The van der Waals surface area contributed by atoms with Crippen molar-refractivity contribution in [3.8, 4) is 17.3 Å². The standard InChI is InChI=1S/C42H34N6O/c1-42(2,3)29-20-23-43-39(24-29)48-36-15-7-6-14-34(36)35-18-17-32(26-38(35)48)49-31-12-8-11-30(25-31)46-27-47(41-37(46)16-9-21-44-41)40-33-13-5-4-10-28(33)19-22-45-40/h4-26H,27H2,1-3H3. The van der Waals surface area contributed by atoms with Crippen molar-refractivity contribution < 1.29 is 4.74 Å². The highest BCUT2D eigenvalue weighted by atomic mass is 16.5. The molecule has 0 atom stereocenters. The number of para-hydroxylation sites is 1. The molecule has 0 radical (unpaired) electrons. The highest BCUT2D eigenvalue weighted by molar-refractivity contribution is 6.09. The number of ether oxygens (including phenoxy) is 1. The number of aromatic nitrogens is 4. The molecule has 0 N–H and O–H groups in total. The number of hydrogen-bond donors (Lipinski definition) is 0. The predicted octanol–water partition coefficient (Wildman–Crippen LogP) is 10.5. The molecule has 0 bridgehead atoms. The summed E-state index contributed by atoms with van der Waals surface area (Å²) in [5.41, 5.74) is 5.43. The number of benzene rings is 4. The maximum absolute atomic E-state index is 6.61. The zero-order valence-electron chi connectivity index (χ0n) is 27.6. The second-order valence-electron chi connectivity index (χ2n) is 13.5. The summed E-state index contributed by atoms with van der Waals surface area (Å²) in [6.45, 7) is 7.26. The maximum Gasteiger partial charge on any atom is 0.159 e. The molecule has 0 unspecified atom stereocenters.